The summed E-state index contributed by atoms with van der Waals surface area (Å²) in [7, 11) is 0. The number of fused-ring (bicyclic) bond motifs is 1. The van der Waals surface area contributed by atoms with Crippen molar-refractivity contribution in [2.24, 2.45) is 0 Å². The number of ether oxygens (including phenoxy) is 1. The van der Waals surface area contributed by atoms with E-state index in [1.54, 1.807) is 0 Å². The summed E-state index contributed by atoms with van der Waals surface area (Å²) in [5.41, 5.74) is 0.218. The van der Waals surface area contributed by atoms with Gasteiger partial charge in [0.25, 0.3) is 0 Å². The van der Waals surface area contributed by atoms with E-state index in [2.05, 4.69) is 21.2 Å². The molecular formula is C15H16BrNO2. The van der Waals surface area contributed by atoms with Crippen molar-refractivity contribution in [3.8, 4) is 0 Å². The first-order chi connectivity index (χ1) is 8.85. The smallest absolute Gasteiger partial charge is 0.412 e. The molecular weight excluding hydrogens is 306 g/mol. The van der Waals surface area contributed by atoms with Crippen molar-refractivity contribution < 1.29 is 9.53 Å². The van der Waals surface area contributed by atoms with E-state index >= 15 is 0 Å². The topological polar surface area (TPSA) is 38.3 Å². The first-order valence-corrected chi connectivity index (χ1v) is 6.83. The Morgan fingerprint density at radius 1 is 1.21 bits per heavy atom. The van der Waals surface area contributed by atoms with Crippen molar-refractivity contribution in [2.75, 3.05) is 5.32 Å². The second-order valence-electron chi connectivity index (χ2n) is 5.30. The predicted molar refractivity (Wildman–Crippen MR) is 81.5 cm³/mol. The van der Waals surface area contributed by atoms with Crippen LogP contribution >= 0.6 is 15.9 Å². The van der Waals surface area contributed by atoms with Crippen molar-refractivity contribution in [1.29, 1.82) is 0 Å². The average molecular weight is 322 g/mol. The summed E-state index contributed by atoms with van der Waals surface area (Å²) < 4.78 is 6.22. The Hall–Kier alpha value is -1.55. The van der Waals surface area contributed by atoms with Crippen LogP contribution in [0.5, 0.6) is 0 Å². The van der Waals surface area contributed by atoms with E-state index in [1.165, 1.54) is 0 Å². The molecule has 0 bridgehead atoms. The highest BCUT2D eigenvalue weighted by molar-refractivity contribution is 9.10. The van der Waals surface area contributed by atoms with Crippen LogP contribution in [0.4, 0.5) is 10.5 Å². The molecule has 0 unspecified atom stereocenters. The molecule has 2 aromatic rings. The van der Waals surface area contributed by atoms with Gasteiger partial charge in [0, 0.05) is 10.2 Å². The first-order valence-electron chi connectivity index (χ1n) is 6.03. The molecule has 2 aromatic carbocycles. The van der Waals surface area contributed by atoms with Gasteiger partial charge in [-0.15, -0.1) is 0 Å². The van der Waals surface area contributed by atoms with Gasteiger partial charge in [0.2, 0.25) is 0 Å². The maximum absolute atomic E-state index is 11.7. The molecule has 0 aromatic heterocycles. The average Bonchev–Trinajstić information content (AvgIpc) is 2.27. The molecule has 2 rings (SSSR count). The standard InChI is InChI=1S/C15H16BrNO2/c1-15(2,3)19-14(18)17-11-8-7-10-5-4-6-13(16)12(10)9-11/h4-9H,1-3H3,(H,17,18). The molecule has 100 valence electrons. The van der Waals surface area contributed by atoms with E-state index in [0.717, 1.165) is 15.2 Å². The minimum absolute atomic E-state index is 0.445. The third-order valence-corrected chi connectivity index (χ3v) is 3.17. The Bertz CT molecular complexity index is 617. The third-order valence-electron chi connectivity index (χ3n) is 2.47. The highest BCUT2D eigenvalue weighted by Gasteiger charge is 2.16. The van der Waals surface area contributed by atoms with Crippen LogP contribution in [0.3, 0.4) is 0 Å². The van der Waals surface area contributed by atoms with Crippen LogP contribution in [0.2, 0.25) is 0 Å². The van der Waals surface area contributed by atoms with Crippen molar-refractivity contribution in [2.45, 2.75) is 26.4 Å². The van der Waals surface area contributed by atoms with E-state index in [1.807, 2.05) is 57.2 Å². The summed E-state index contributed by atoms with van der Waals surface area (Å²) in [6.07, 6.45) is -0.445. The number of hydrogen-bond acceptors (Lipinski definition) is 2. The molecule has 3 nitrogen and oxygen atoms in total. The van der Waals surface area contributed by atoms with Crippen LogP contribution in [-0.4, -0.2) is 11.7 Å². The molecule has 0 fully saturated rings. The predicted octanol–water partition coefficient (Wildman–Crippen LogP) is 4.95. The number of nitrogens with one attached hydrogen (secondary N) is 1. The summed E-state index contributed by atoms with van der Waals surface area (Å²) in [6.45, 7) is 5.51. The van der Waals surface area contributed by atoms with Crippen LogP contribution < -0.4 is 5.32 Å². The van der Waals surface area contributed by atoms with Gasteiger partial charge >= 0.3 is 6.09 Å². The summed E-state index contributed by atoms with van der Waals surface area (Å²) in [5.74, 6) is 0. The van der Waals surface area contributed by atoms with Crippen molar-refractivity contribution in [1.82, 2.24) is 0 Å². The molecule has 0 heterocycles. The zero-order chi connectivity index (χ0) is 14.0. The number of carbonyl (C=O) groups excluding carboxylic acids is 1. The lowest BCUT2D eigenvalue weighted by Crippen LogP contribution is -2.27. The molecule has 0 aliphatic carbocycles. The molecule has 0 spiro atoms. The van der Waals surface area contributed by atoms with Crippen LogP contribution in [0.1, 0.15) is 20.8 Å². The maximum atomic E-state index is 11.7. The van der Waals surface area contributed by atoms with Gasteiger partial charge in [-0.3, -0.25) is 5.32 Å². The first kappa shape index (κ1) is 13.9. The van der Waals surface area contributed by atoms with Crippen molar-refractivity contribution in [3.05, 3.63) is 40.9 Å². The lowest BCUT2D eigenvalue weighted by Gasteiger charge is -2.19. The summed E-state index contributed by atoms with van der Waals surface area (Å²) in [5, 5.41) is 4.90. The molecule has 4 heteroatoms. The highest BCUT2D eigenvalue weighted by Crippen LogP contribution is 2.26. The lowest BCUT2D eigenvalue weighted by molar-refractivity contribution is 0.0636. The summed E-state index contributed by atoms with van der Waals surface area (Å²) >= 11 is 3.50. The number of benzene rings is 2. The summed E-state index contributed by atoms with van der Waals surface area (Å²) in [6, 6.07) is 11.7. The van der Waals surface area contributed by atoms with E-state index in [-0.39, 0.29) is 0 Å². The van der Waals surface area contributed by atoms with Crippen molar-refractivity contribution >= 4 is 38.5 Å². The van der Waals surface area contributed by atoms with Crippen LogP contribution in [0.25, 0.3) is 10.8 Å². The Morgan fingerprint density at radius 3 is 2.63 bits per heavy atom. The fourth-order valence-electron chi connectivity index (χ4n) is 1.73. The molecule has 0 aliphatic heterocycles. The SMILES string of the molecule is CC(C)(C)OC(=O)Nc1ccc2cccc(Br)c2c1. The van der Waals surface area contributed by atoms with Gasteiger partial charge in [-0.2, -0.15) is 0 Å². The van der Waals surface area contributed by atoms with Gasteiger partial charge in [-0.25, -0.2) is 4.79 Å². The van der Waals surface area contributed by atoms with Crippen LogP contribution in [0.15, 0.2) is 40.9 Å². The minimum atomic E-state index is -0.498. The van der Waals surface area contributed by atoms with Gasteiger partial charge < -0.3 is 4.74 Å². The second-order valence-corrected chi connectivity index (χ2v) is 6.16. The monoisotopic (exact) mass is 321 g/mol. The van der Waals surface area contributed by atoms with Crippen LogP contribution in [0, 0.1) is 0 Å². The van der Waals surface area contributed by atoms with Gasteiger partial charge in [-0.05, 0) is 49.7 Å². The number of halogens is 1. The third kappa shape index (κ3) is 3.70. The maximum Gasteiger partial charge on any atom is 0.412 e. The molecule has 0 saturated carbocycles. The van der Waals surface area contributed by atoms with E-state index < -0.39 is 11.7 Å². The van der Waals surface area contributed by atoms with Gasteiger partial charge in [0.15, 0.2) is 0 Å². The Balaban J connectivity index is 2.22. The van der Waals surface area contributed by atoms with E-state index in [4.69, 9.17) is 4.74 Å². The minimum Gasteiger partial charge on any atom is -0.444 e. The summed E-state index contributed by atoms with van der Waals surface area (Å²) in [4.78, 5) is 11.7. The molecule has 19 heavy (non-hydrogen) atoms. The molecule has 1 N–H and O–H groups in total. The lowest BCUT2D eigenvalue weighted by atomic mass is 10.1. The Labute approximate surface area is 121 Å². The highest BCUT2D eigenvalue weighted by atomic mass is 79.9. The largest absolute Gasteiger partial charge is 0.444 e. The van der Waals surface area contributed by atoms with Gasteiger partial charge in [-0.1, -0.05) is 34.1 Å². The normalized spacial score (nSPS) is 11.4. The zero-order valence-corrected chi connectivity index (χ0v) is 12.7. The molecule has 0 saturated heterocycles. The molecule has 0 radical (unpaired) electrons. The van der Waals surface area contributed by atoms with Crippen molar-refractivity contribution in [3.63, 3.8) is 0 Å². The number of amides is 1. The Morgan fingerprint density at radius 2 is 1.95 bits per heavy atom. The molecule has 0 atom stereocenters. The molecule has 0 aliphatic rings. The van der Waals surface area contributed by atoms with Gasteiger partial charge in [0.1, 0.15) is 5.60 Å². The Kier molecular flexibility index (Phi) is 3.80. The zero-order valence-electron chi connectivity index (χ0n) is 11.2. The number of carbonyl (C=O) groups is 1. The number of rotatable bonds is 1. The van der Waals surface area contributed by atoms with E-state index in [0.29, 0.717) is 5.69 Å². The second kappa shape index (κ2) is 5.21. The number of hydrogen-bond donors (Lipinski definition) is 1. The number of anilines is 1. The molecule has 1 amide bonds. The fraction of sp³-hybridized carbons (Fsp3) is 0.267. The fourth-order valence-corrected chi connectivity index (χ4v) is 2.23. The van der Waals surface area contributed by atoms with E-state index in [9.17, 15) is 4.79 Å². The van der Waals surface area contributed by atoms with Crippen LogP contribution in [-0.2, 0) is 4.74 Å². The quantitative estimate of drug-likeness (QED) is 0.807. The van der Waals surface area contributed by atoms with Gasteiger partial charge in [0.05, 0.1) is 0 Å².